The summed E-state index contributed by atoms with van der Waals surface area (Å²) in [7, 11) is 1.66. The van der Waals surface area contributed by atoms with Gasteiger partial charge in [-0.05, 0) is 42.7 Å². The Morgan fingerprint density at radius 3 is 2.75 bits per heavy atom. The van der Waals surface area contributed by atoms with Crippen LogP contribution in [-0.2, 0) is 0 Å². The van der Waals surface area contributed by atoms with Gasteiger partial charge in [0.2, 0.25) is 0 Å². The second kappa shape index (κ2) is 8.21. The van der Waals surface area contributed by atoms with Crippen molar-refractivity contribution in [2.24, 2.45) is 0 Å². The zero-order valence-corrected chi connectivity index (χ0v) is 15.9. The largest absolute Gasteiger partial charge is 0.497 e. The number of aromatic nitrogens is 4. The number of hydrogen-bond acceptors (Lipinski definition) is 5. The standard InChI is InChI=1S/C21H23N5O2/c1-28-18-8-6-16(7-9-18)19-5-3-2-4-12-25(19)21(27)17-10-11-23-20(13-17)26-15-22-14-24-26/h6-11,13-15,19H,2-5,12H2,1H3/t19-/m1/s1. The van der Waals surface area contributed by atoms with Crippen molar-refractivity contribution < 1.29 is 9.53 Å². The zero-order chi connectivity index (χ0) is 19.3. The summed E-state index contributed by atoms with van der Waals surface area (Å²) in [6.07, 6.45) is 8.88. The van der Waals surface area contributed by atoms with E-state index in [1.54, 1.807) is 36.4 Å². The molecule has 1 aliphatic heterocycles. The van der Waals surface area contributed by atoms with Crippen molar-refractivity contribution >= 4 is 5.91 Å². The number of carbonyl (C=O) groups is 1. The van der Waals surface area contributed by atoms with Crippen LogP contribution in [0.25, 0.3) is 5.82 Å². The lowest BCUT2D eigenvalue weighted by molar-refractivity contribution is 0.0680. The highest BCUT2D eigenvalue weighted by atomic mass is 16.5. The van der Waals surface area contributed by atoms with Gasteiger partial charge in [-0.2, -0.15) is 5.10 Å². The fourth-order valence-corrected chi connectivity index (χ4v) is 3.69. The molecule has 7 heteroatoms. The molecule has 0 unspecified atom stereocenters. The molecule has 0 radical (unpaired) electrons. The average Bonchev–Trinajstić information content (AvgIpc) is 3.18. The third kappa shape index (κ3) is 3.74. The van der Waals surface area contributed by atoms with E-state index in [1.807, 2.05) is 17.0 Å². The summed E-state index contributed by atoms with van der Waals surface area (Å²) in [4.78, 5) is 23.7. The number of likely N-dealkylation sites (tertiary alicyclic amines) is 1. The van der Waals surface area contributed by atoms with E-state index in [0.717, 1.165) is 43.5 Å². The van der Waals surface area contributed by atoms with E-state index < -0.39 is 0 Å². The van der Waals surface area contributed by atoms with Crippen LogP contribution in [0.5, 0.6) is 5.75 Å². The number of ether oxygens (including phenoxy) is 1. The molecule has 1 aromatic carbocycles. The van der Waals surface area contributed by atoms with Gasteiger partial charge in [0.15, 0.2) is 5.82 Å². The van der Waals surface area contributed by atoms with Crippen molar-refractivity contribution in [2.75, 3.05) is 13.7 Å². The Hall–Kier alpha value is -3.22. The lowest BCUT2D eigenvalue weighted by atomic mass is 10.00. The molecule has 1 aliphatic rings. The van der Waals surface area contributed by atoms with E-state index in [0.29, 0.717) is 11.4 Å². The van der Waals surface area contributed by atoms with Crippen LogP contribution in [0.1, 0.15) is 47.6 Å². The summed E-state index contributed by atoms with van der Waals surface area (Å²) in [6.45, 7) is 0.747. The maximum atomic E-state index is 13.4. The van der Waals surface area contributed by atoms with Crippen molar-refractivity contribution in [1.29, 1.82) is 0 Å². The van der Waals surface area contributed by atoms with Gasteiger partial charge in [0.05, 0.1) is 13.2 Å². The van der Waals surface area contributed by atoms with E-state index in [9.17, 15) is 4.79 Å². The molecule has 0 spiro atoms. The van der Waals surface area contributed by atoms with E-state index in [-0.39, 0.29) is 11.9 Å². The van der Waals surface area contributed by atoms with E-state index >= 15 is 0 Å². The molecule has 1 saturated heterocycles. The number of carbonyl (C=O) groups excluding carboxylic acids is 1. The van der Waals surface area contributed by atoms with Gasteiger partial charge in [-0.25, -0.2) is 14.6 Å². The molecule has 2 aromatic heterocycles. The lowest BCUT2D eigenvalue weighted by Crippen LogP contribution is -2.35. The highest BCUT2D eigenvalue weighted by Crippen LogP contribution is 2.32. The first-order chi connectivity index (χ1) is 13.8. The van der Waals surface area contributed by atoms with Crippen molar-refractivity contribution in [3.8, 4) is 11.6 Å². The Labute approximate surface area is 164 Å². The molecule has 1 amide bonds. The molecule has 3 heterocycles. The van der Waals surface area contributed by atoms with Crippen LogP contribution in [0, 0.1) is 0 Å². The molecule has 7 nitrogen and oxygen atoms in total. The van der Waals surface area contributed by atoms with Gasteiger partial charge in [0.1, 0.15) is 18.4 Å². The smallest absolute Gasteiger partial charge is 0.254 e. The van der Waals surface area contributed by atoms with Crippen molar-refractivity contribution in [2.45, 2.75) is 31.7 Å². The monoisotopic (exact) mass is 377 g/mol. The molecule has 1 atom stereocenters. The zero-order valence-electron chi connectivity index (χ0n) is 15.9. The molecule has 3 aromatic rings. The van der Waals surface area contributed by atoms with E-state index in [4.69, 9.17) is 4.74 Å². The van der Waals surface area contributed by atoms with Crippen LogP contribution in [0.4, 0.5) is 0 Å². The van der Waals surface area contributed by atoms with Crippen LogP contribution >= 0.6 is 0 Å². The number of pyridine rings is 1. The summed E-state index contributed by atoms with van der Waals surface area (Å²) in [5, 5.41) is 4.10. The number of amides is 1. The topological polar surface area (TPSA) is 73.1 Å². The first-order valence-corrected chi connectivity index (χ1v) is 9.52. The SMILES string of the molecule is COc1ccc([C@H]2CCCCCN2C(=O)c2ccnc(-n3cncn3)c2)cc1. The van der Waals surface area contributed by atoms with Gasteiger partial charge in [-0.15, -0.1) is 0 Å². The molecule has 0 aliphatic carbocycles. The summed E-state index contributed by atoms with van der Waals surface area (Å²) in [5.41, 5.74) is 1.75. The van der Waals surface area contributed by atoms with Gasteiger partial charge >= 0.3 is 0 Å². The third-order valence-corrected chi connectivity index (χ3v) is 5.16. The van der Waals surface area contributed by atoms with E-state index in [1.165, 1.54) is 6.33 Å². The molecule has 4 rings (SSSR count). The number of hydrogen-bond donors (Lipinski definition) is 0. The minimum absolute atomic E-state index is 0.0199. The quantitative estimate of drug-likeness (QED) is 0.696. The molecular formula is C21H23N5O2. The van der Waals surface area contributed by atoms with E-state index in [2.05, 4.69) is 27.2 Å². The molecule has 1 fully saturated rings. The van der Waals surface area contributed by atoms with Crippen LogP contribution in [0.2, 0.25) is 0 Å². The Morgan fingerprint density at radius 1 is 1.14 bits per heavy atom. The molecule has 0 bridgehead atoms. The van der Waals surface area contributed by atoms with Gasteiger partial charge in [-0.1, -0.05) is 25.0 Å². The Bertz CT molecular complexity index is 924. The van der Waals surface area contributed by atoms with Crippen molar-refractivity contribution in [3.63, 3.8) is 0 Å². The summed E-state index contributed by atoms with van der Waals surface area (Å²) in [5.74, 6) is 1.42. The number of rotatable bonds is 4. The number of benzene rings is 1. The molecule has 0 saturated carbocycles. The fourth-order valence-electron chi connectivity index (χ4n) is 3.69. The lowest BCUT2D eigenvalue weighted by Gasteiger charge is -2.30. The molecule has 28 heavy (non-hydrogen) atoms. The predicted molar refractivity (Wildman–Crippen MR) is 104 cm³/mol. The van der Waals surface area contributed by atoms with Crippen LogP contribution in [-0.4, -0.2) is 44.2 Å². The Kier molecular flexibility index (Phi) is 5.32. The molecule has 144 valence electrons. The normalized spacial score (nSPS) is 17.2. The first kappa shape index (κ1) is 18.2. The van der Waals surface area contributed by atoms with Crippen molar-refractivity contribution in [1.82, 2.24) is 24.6 Å². The Balaban J connectivity index is 1.64. The number of nitrogens with zero attached hydrogens (tertiary/aromatic N) is 5. The Morgan fingerprint density at radius 2 is 2.00 bits per heavy atom. The van der Waals surface area contributed by atoms with Crippen molar-refractivity contribution in [3.05, 3.63) is 66.4 Å². The predicted octanol–water partition coefficient (Wildman–Crippen LogP) is 3.43. The third-order valence-electron chi connectivity index (χ3n) is 5.16. The first-order valence-electron chi connectivity index (χ1n) is 9.52. The number of methoxy groups -OCH3 is 1. The summed E-state index contributed by atoms with van der Waals surface area (Å²) >= 11 is 0. The summed E-state index contributed by atoms with van der Waals surface area (Å²) in [6, 6.07) is 11.6. The maximum absolute atomic E-state index is 13.4. The second-order valence-electron chi connectivity index (χ2n) is 6.88. The van der Waals surface area contributed by atoms with Gasteiger partial charge in [-0.3, -0.25) is 4.79 Å². The van der Waals surface area contributed by atoms with Crippen LogP contribution in [0.15, 0.2) is 55.2 Å². The van der Waals surface area contributed by atoms with Gasteiger partial charge < -0.3 is 9.64 Å². The molecule has 0 N–H and O–H groups in total. The molecular weight excluding hydrogens is 354 g/mol. The average molecular weight is 377 g/mol. The minimum Gasteiger partial charge on any atom is -0.497 e. The second-order valence-corrected chi connectivity index (χ2v) is 6.88. The summed E-state index contributed by atoms with van der Waals surface area (Å²) < 4.78 is 6.83. The minimum atomic E-state index is 0.0199. The van der Waals surface area contributed by atoms with Crippen LogP contribution < -0.4 is 4.74 Å². The highest BCUT2D eigenvalue weighted by molar-refractivity contribution is 5.94. The highest BCUT2D eigenvalue weighted by Gasteiger charge is 2.28. The van der Waals surface area contributed by atoms with Gasteiger partial charge in [0.25, 0.3) is 5.91 Å². The fraction of sp³-hybridized carbons (Fsp3) is 0.333. The van der Waals surface area contributed by atoms with Gasteiger partial charge in [0, 0.05) is 18.3 Å². The maximum Gasteiger partial charge on any atom is 0.254 e. The van der Waals surface area contributed by atoms with Crippen LogP contribution in [0.3, 0.4) is 0 Å².